The molecule has 1 amide bonds. The van der Waals surface area contributed by atoms with Gasteiger partial charge in [-0.05, 0) is 43.6 Å². The zero-order valence-corrected chi connectivity index (χ0v) is 11.7. The summed E-state index contributed by atoms with van der Waals surface area (Å²) < 4.78 is 3.88. The van der Waals surface area contributed by atoms with Gasteiger partial charge in [0.2, 0.25) is 0 Å². The molecule has 3 N–H and O–H groups in total. The molecule has 6 heteroatoms. The standard InChI is InChI=1S/C12H20N4OS/c1-3-4-9-10(18-16-15-9)11(17)14-12(2,7-13)8-5-6-8/h8H,3-7,13H2,1-2H3,(H,14,17). The lowest BCUT2D eigenvalue weighted by Gasteiger charge is -2.29. The number of amides is 1. The van der Waals surface area contributed by atoms with E-state index < -0.39 is 0 Å². The Labute approximate surface area is 111 Å². The van der Waals surface area contributed by atoms with Crippen LogP contribution in [0.15, 0.2) is 0 Å². The summed E-state index contributed by atoms with van der Waals surface area (Å²) in [6.45, 7) is 4.56. The van der Waals surface area contributed by atoms with Crippen molar-refractivity contribution in [2.45, 2.75) is 45.1 Å². The average Bonchev–Trinajstić information content (AvgIpc) is 3.11. The number of carbonyl (C=O) groups excluding carboxylic acids is 1. The van der Waals surface area contributed by atoms with Crippen LogP contribution in [0, 0.1) is 5.92 Å². The predicted octanol–water partition coefficient (Wildman–Crippen LogP) is 1.35. The summed E-state index contributed by atoms with van der Waals surface area (Å²) in [5.74, 6) is 0.440. The van der Waals surface area contributed by atoms with Crippen molar-refractivity contribution in [3.8, 4) is 0 Å². The third kappa shape index (κ3) is 2.70. The van der Waals surface area contributed by atoms with Gasteiger partial charge < -0.3 is 11.1 Å². The maximum Gasteiger partial charge on any atom is 0.265 e. The number of carbonyl (C=O) groups is 1. The van der Waals surface area contributed by atoms with Crippen LogP contribution in [0.3, 0.4) is 0 Å². The van der Waals surface area contributed by atoms with E-state index in [4.69, 9.17) is 5.73 Å². The van der Waals surface area contributed by atoms with Crippen molar-refractivity contribution >= 4 is 17.4 Å². The summed E-state index contributed by atoms with van der Waals surface area (Å²) >= 11 is 1.17. The van der Waals surface area contributed by atoms with Crippen molar-refractivity contribution in [3.63, 3.8) is 0 Å². The van der Waals surface area contributed by atoms with Crippen molar-refractivity contribution in [1.82, 2.24) is 14.9 Å². The molecule has 0 bridgehead atoms. The van der Waals surface area contributed by atoms with Crippen molar-refractivity contribution in [2.24, 2.45) is 11.7 Å². The van der Waals surface area contributed by atoms with Crippen molar-refractivity contribution in [3.05, 3.63) is 10.6 Å². The highest BCUT2D eigenvalue weighted by Crippen LogP contribution is 2.39. The number of nitrogens with zero attached hydrogens (tertiary/aromatic N) is 2. The van der Waals surface area contributed by atoms with E-state index in [1.807, 2.05) is 6.92 Å². The second-order valence-electron chi connectivity index (χ2n) is 5.15. The highest BCUT2D eigenvalue weighted by Gasteiger charge is 2.42. The highest BCUT2D eigenvalue weighted by atomic mass is 32.1. The topological polar surface area (TPSA) is 80.9 Å². The molecule has 1 aromatic rings. The van der Waals surface area contributed by atoms with Gasteiger partial charge in [0.25, 0.3) is 5.91 Å². The molecule has 1 fully saturated rings. The van der Waals surface area contributed by atoms with Gasteiger partial charge in [0, 0.05) is 6.54 Å². The number of nitrogens with two attached hydrogens (primary N) is 1. The molecule has 0 saturated heterocycles. The monoisotopic (exact) mass is 268 g/mol. The lowest BCUT2D eigenvalue weighted by Crippen LogP contribution is -2.53. The summed E-state index contributed by atoms with van der Waals surface area (Å²) in [5.41, 5.74) is 6.32. The fraction of sp³-hybridized carbons (Fsp3) is 0.750. The van der Waals surface area contributed by atoms with Crippen LogP contribution in [0.5, 0.6) is 0 Å². The minimum atomic E-state index is -0.287. The highest BCUT2D eigenvalue weighted by molar-refractivity contribution is 7.08. The molecule has 2 rings (SSSR count). The smallest absolute Gasteiger partial charge is 0.265 e. The minimum absolute atomic E-state index is 0.0756. The SMILES string of the molecule is CCCc1nnsc1C(=O)NC(C)(CN)C1CC1. The third-order valence-electron chi connectivity index (χ3n) is 3.55. The lowest BCUT2D eigenvalue weighted by molar-refractivity contribution is 0.0901. The summed E-state index contributed by atoms with van der Waals surface area (Å²) in [6, 6.07) is 0. The molecule has 1 heterocycles. The molecule has 1 saturated carbocycles. The lowest BCUT2D eigenvalue weighted by atomic mass is 9.96. The van der Waals surface area contributed by atoms with Crippen LogP contribution in [0.1, 0.15) is 48.5 Å². The van der Waals surface area contributed by atoms with E-state index in [1.54, 1.807) is 0 Å². The van der Waals surface area contributed by atoms with E-state index in [0.29, 0.717) is 17.3 Å². The molecular formula is C12H20N4OS. The second-order valence-corrected chi connectivity index (χ2v) is 5.90. The Kier molecular flexibility index (Phi) is 3.97. The first-order valence-corrected chi connectivity index (χ1v) is 7.22. The molecule has 1 atom stereocenters. The van der Waals surface area contributed by atoms with E-state index in [-0.39, 0.29) is 11.4 Å². The number of aryl methyl sites for hydroxylation is 1. The molecule has 5 nitrogen and oxygen atoms in total. The van der Waals surface area contributed by atoms with Crippen LogP contribution in [0.2, 0.25) is 0 Å². The summed E-state index contributed by atoms with van der Waals surface area (Å²) in [7, 11) is 0. The van der Waals surface area contributed by atoms with Gasteiger partial charge in [0.1, 0.15) is 4.88 Å². The van der Waals surface area contributed by atoms with Gasteiger partial charge in [-0.1, -0.05) is 17.8 Å². The average molecular weight is 268 g/mol. The zero-order valence-electron chi connectivity index (χ0n) is 10.9. The Morgan fingerprint density at radius 3 is 2.89 bits per heavy atom. The molecule has 18 heavy (non-hydrogen) atoms. The van der Waals surface area contributed by atoms with Crippen molar-refractivity contribution in [2.75, 3.05) is 6.54 Å². The van der Waals surface area contributed by atoms with Gasteiger partial charge in [0.15, 0.2) is 0 Å². The van der Waals surface area contributed by atoms with Crippen molar-refractivity contribution in [1.29, 1.82) is 0 Å². The van der Waals surface area contributed by atoms with Crippen LogP contribution < -0.4 is 11.1 Å². The normalized spacial score (nSPS) is 18.4. The van der Waals surface area contributed by atoms with Crippen LogP contribution >= 0.6 is 11.5 Å². The Balaban J connectivity index is 2.08. The molecule has 0 spiro atoms. The van der Waals surface area contributed by atoms with Crippen LogP contribution in [-0.2, 0) is 6.42 Å². The first-order chi connectivity index (χ1) is 8.60. The zero-order chi connectivity index (χ0) is 13.2. The van der Waals surface area contributed by atoms with E-state index in [0.717, 1.165) is 31.4 Å². The number of hydrogen-bond acceptors (Lipinski definition) is 5. The maximum absolute atomic E-state index is 12.3. The molecule has 1 aliphatic rings. The van der Waals surface area contributed by atoms with E-state index in [2.05, 4.69) is 21.8 Å². The Hall–Kier alpha value is -1.01. The van der Waals surface area contributed by atoms with Crippen LogP contribution in [0.25, 0.3) is 0 Å². The summed E-state index contributed by atoms with van der Waals surface area (Å²) in [4.78, 5) is 12.9. The fourth-order valence-corrected chi connectivity index (χ4v) is 2.74. The number of hydrogen-bond donors (Lipinski definition) is 2. The predicted molar refractivity (Wildman–Crippen MR) is 71.6 cm³/mol. The maximum atomic E-state index is 12.3. The molecular weight excluding hydrogens is 248 g/mol. The molecule has 0 aromatic carbocycles. The van der Waals surface area contributed by atoms with E-state index in [1.165, 1.54) is 11.5 Å². The van der Waals surface area contributed by atoms with Gasteiger partial charge >= 0.3 is 0 Å². The third-order valence-corrected chi connectivity index (χ3v) is 4.32. The van der Waals surface area contributed by atoms with Crippen LogP contribution in [-0.4, -0.2) is 27.6 Å². The van der Waals surface area contributed by atoms with Crippen molar-refractivity contribution < 1.29 is 4.79 Å². The minimum Gasteiger partial charge on any atom is -0.345 e. The molecule has 1 unspecified atom stereocenters. The largest absolute Gasteiger partial charge is 0.345 e. The van der Waals surface area contributed by atoms with Gasteiger partial charge in [-0.2, -0.15) is 0 Å². The van der Waals surface area contributed by atoms with Gasteiger partial charge in [0.05, 0.1) is 11.2 Å². The van der Waals surface area contributed by atoms with Crippen LogP contribution in [0.4, 0.5) is 0 Å². The summed E-state index contributed by atoms with van der Waals surface area (Å²) in [5, 5.41) is 7.09. The van der Waals surface area contributed by atoms with Gasteiger partial charge in [-0.3, -0.25) is 4.79 Å². The number of aromatic nitrogens is 2. The Bertz CT molecular complexity index is 429. The second kappa shape index (κ2) is 5.32. The number of rotatable bonds is 6. The van der Waals surface area contributed by atoms with E-state index in [9.17, 15) is 4.79 Å². The fourth-order valence-electron chi connectivity index (χ4n) is 2.14. The Morgan fingerprint density at radius 1 is 1.61 bits per heavy atom. The van der Waals surface area contributed by atoms with Gasteiger partial charge in [-0.25, -0.2) is 0 Å². The molecule has 1 aliphatic carbocycles. The first kappa shape index (κ1) is 13.4. The summed E-state index contributed by atoms with van der Waals surface area (Å²) in [6.07, 6.45) is 4.05. The molecule has 1 aromatic heterocycles. The number of nitrogens with one attached hydrogen (secondary N) is 1. The molecule has 0 aliphatic heterocycles. The van der Waals surface area contributed by atoms with E-state index >= 15 is 0 Å². The molecule has 100 valence electrons. The molecule has 0 radical (unpaired) electrons. The quantitative estimate of drug-likeness (QED) is 0.816. The Morgan fingerprint density at radius 2 is 2.33 bits per heavy atom. The van der Waals surface area contributed by atoms with Gasteiger partial charge in [-0.15, -0.1) is 5.10 Å². The first-order valence-electron chi connectivity index (χ1n) is 6.44.